The second-order valence-electron chi connectivity index (χ2n) is 3.51. The van der Waals surface area contributed by atoms with E-state index >= 15 is 0 Å². The van der Waals surface area contributed by atoms with Gasteiger partial charge in [-0.05, 0) is 19.3 Å². The molecule has 1 aliphatic carbocycles. The van der Waals surface area contributed by atoms with Crippen LogP contribution in [0.4, 0.5) is 0 Å². The van der Waals surface area contributed by atoms with Crippen molar-refractivity contribution in [2.24, 2.45) is 5.41 Å². The summed E-state index contributed by atoms with van der Waals surface area (Å²) in [5.74, 6) is -0.546. The molecule has 0 N–H and O–H groups in total. The number of esters is 1. The Balaban J connectivity index is 2.85. The average Bonchev–Trinajstić information content (AvgIpc) is 2.57. The minimum atomic E-state index is -1.01. The lowest BCUT2D eigenvalue weighted by Crippen LogP contribution is -2.36. The zero-order valence-electron chi connectivity index (χ0n) is 8.21. The summed E-state index contributed by atoms with van der Waals surface area (Å²) < 4.78 is 4.64. The minimum Gasteiger partial charge on any atom is -0.468 e. The van der Waals surface area contributed by atoms with Crippen molar-refractivity contribution in [1.82, 2.24) is 0 Å². The Labute approximate surface area is 82.8 Å². The summed E-state index contributed by atoms with van der Waals surface area (Å²) in [7, 11) is 1.28. The van der Waals surface area contributed by atoms with Gasteiger partial charge in [-0.2, -0.15) is 5.26 Å². The highest BCUT2D eigenvalue weighted by Gasteiger charge is 2.48. The molecule has 1 aliphatic rings. The monoisotopic (exact) mass is 195 g/mol. The Morgan fingerprint density at radius 3 is 2.86 bits per heavy atom. The van der Waals surface area contributed by atoms with E-state index in [1.54, 1.807) is 0 Å². The van der Waals surface area contributed by atoms with Crippen molar-refractivity contribution in [1.29, 1.82) is 5.26 Å². The molecule has 0 amide bonds. The van der Waals surface area contributed by atoms with Gasteiger partial charge in [0.15, 0.2) is 0 Å². The van der Waals surface area contributed by atoms with Gasteiger partial charge in [-0.1, -0.05) is 0 Å². The number of nitriles is 1. The van der Waals surface area contributed by atoms with Crippen LogP contribution in [0.25, 0.3) is 0 Å². The Kier molecular flexibility index (Phi) is 3.23. The predicted octanol–water partition coefficient (Wildman–Crippen LogP) is 1.20. The van der Waals surface area contributed by atoms with E-state index < -0.39 is 11.4 Å². The third-order valence-electron chi connectivity index (χ3n) is 2.78. The highest BCUT2D eigenvalue weighted by Crippen LogP contribution is 2.39. The minimum absolute atomic E-state index is 0.0698. The molecule has 0 radical (unpaired) electrons. The van der Waals surface area contributed by atoms with Gasteiger partial charge in [-0.25, -0.2) is 0 Å². The quantitative estimate of drug-likeness (QED) is 0.501. The molecule has 0 heterocycles. The lowest BCUT2D eigenvalue weighted by Gasteiger charge is -2.22. The van der Waals surface area contributed by atoms with Gasteiger partial charge in [0.1, 0.15) is 11.2 Å². The first-order valence-corrected chi connectivity index (χ1v) is 4.66. The predicted molar refractivity (Wildman–Crippen MR) is 48.2 cm³/mol. The fourth-order valence-electron chi connectivity index (χ4n) is 1.98. The van der Waals surface area contributed by atoms with Gasteiger partial charge in [-0.15, -0.1) is 0 Å². The van der Waals surface area contributed by atoms with Crippen LogP contribution in [0.1, 0.15) is 32.1 Å². The normalized spacial score (nSPS) is 25.9. The van der Waals surface area contributed by atoms with E-state index in [0.29, 0.717) is 19.3 Å². The number of carbonyl (C=O) groups is 2. The average molecular weight is 195 g/mol. The maximum Gasteiger partial charge on any atom is 0.319 e. The molecule has 0 bridgehead atoms. The molecule has 1 rings (SSSR count). The van der Waals surface area contributed by atoms with E-state index in [4.69, 9.17) is 5.26 Å². The smallest absolute Gasteiger partial charge is 0.319 e. The fraction of sp³-hybridized carbons (Fsp3) is 0.700. The summed E-state index contributed by atoms with van der Waals surface area (Å²) in [5, 5.41) is 8.47. The molecular weight excluding hydrogens is 182 g/mol. The van der Waals surface area contributed by atoms with Crippen LogP contribution in [0.2, 0.25) is 0 Å². The Morgan fingerprint density at radius 1 is 1.71 bits per heavy atom. The molecule has 0 aromatic carbocycles. The third kappa shape index (κ3) is 1.63. The second-order valence-corrected chi connectivity index (χ2v) is 3.51. The van der Waals surface area contributed by atoms with Gasteiger partial charge in [0.2, 0.25) is 0 Å². The van der Waals surface area contributed by atoms with E-state index in [-0.39, 0.29) is 12.2 Å². The largest absolute Gasteiger partial charge is 0.468 e. The standard InChI is InChI=1S/C10H13NO3/c1-14-9(13)10(6-3-7-11)5-2-4-8(10)12/h2-6H2,1H3/t10-/m1/s1. The second kappa shape index (κ2) is 4.23. The molecule has 4 heteroatoms. The Bertz CT molecular complexity index is 292. The Hall–Kier alpha value is -1.37. The van der Waals surface area contributed by atoms with Gasteiger partial charge < -0.3 is 4.74 Å². The number of Topliss-reactive ketones (excluding diaryl/α,β-unsaturated/α-hetero) is 1. The number of rotatable bonds is 3. The molecule has 1 fully saturated rings. The van der Waals surface area contributed by atoms with Gasteiger partial charge in [-0.3, -0.25) is 9.59 Å². The number of ketones is 1. The molecule has 0 aliphatic heterocycles. The summed E-state index contributed by atoms with van der Waals surface area (Å²) in [6, 6.07) is 1.96. The van der Waals surface area contributed by atoms with Crippen LogP contribution < -0.4 is 0 Å². The number of carbonyl (C=O) groups excluding carboxylic acids is 2. The maximum absolute atomic E-state index is 11.6. The zero-order chi connectivity index (χ0) is 10.6. The topological polar surface area (TPSA) is 67.2 Å². The van der Waals surface area contributed by atoms with Crippen LogP contribution >= 0.6 is 0 Å². The third-order valence-corrected chi connectivity index (χ3v) is 2.78. The molecule has 0 saturated heterocycles. The first-order valence-electron chi connectivity index (χ1n) is 4.66. The molecule has 4 nitrogen and oxygen atoms in total. The molecule has 76 valence electrons. The van der Waals surface area contributed by atoms with E-state index in [9.17, 15) is 9.59 Å². The molecule has 0 aromatic heterocycles. The van der Waals surface area contributed by atoms with Crippen LogP contribution in [0.15, 0.2) is 0 Å². The summed E-state index contributed by atoms with van der Waals surface area (Å²) in [6.07, 6.45) is 2.20. The van der Waals surface area contributed by atoms with E-state index in [0.717, 1.165) is 6.42 Å². The molecule has 14 heavy (non-hydrogen) atoms. The first kappa shape index (κ1) is 10.7. The molecule has 1 saturated carbocycles. The number of ether oxygens (including phenoxy) is 1. The highest BCUT2D eigenvalue weighted by atomic mass is 16.5. The van der Waals surface area contributed by atoms with Crippen molar-refractivity contribution in [2.45, 2.75) is 32.1 Å². The lowest BCUT2D eigenvalue weighted by molar-refractivity contribution is -0.156. The Morgan fingerprint density at radius 2 is 2.43 bits per heavy atom. The van der Waals surface area contributed by atoms with Gasteiger partial charge in [0.05, 0.1) is 13.2 Å². The number of hydrogen-bond donors (Lipinski definition) is 0. The summed E-state index contributed by atoms with van der Waals surface area (Å²) in [5.41, 5.74) is -1.01. The van der Waals surface area contributed by atoms with Crippen LogP contribution in [0, 0.1) is 16.7 Å². The van der Waals surface area contributed by atoms with Gasteiger partial charge in [0.25, 0.3) is 0 Å². The molecule has 0 spiro atoms. The van der Waals surface area contributed by atoms with Crippen LogP contribution in [-0.4, -0.2) is 18.9 Å². The number of nitrogens with zero attached hydrogens (tertiary/aromatic N) is 1. The fourth-order valence-corrected chi connectivity index (χ4v) is 1.98. The molecule has 0 unspecified atom stereocenters. The van der Waals surface area contributed by atoms with E-state index in [1.165, 1.54) is 7.11 Å². The van der Waals surface area contributed by atoms with Crippen molar-refractivity contribution >= 4 is 11.8 Å². The van der Waals surface area contributed by atoms with Crippen molar-refractivity contribution in [2.75, 3.05) is 7.11 Å². The lowest BCUT2D eigenvalue weighted by atomic mass is 9.81. The van der Waals surface area contributed by atoms with Gasteiger partial charge >= 0.3 is 5.97 Å². The van der Waals surface area contributed by atoms with E-state index in [1.807, 2.05) is 6.07 Å². The molecule has 1 atom stereocenters. The van der Waals surface area contributed by atoms with E-state index in [2.05, 4.69) is 4.74 Å². The highest BCUT2D eigenvalue weighted by molar-refractivity contribution is 6.05. The number of hydrogen-bond acceptors (Lipinski definition) is 4. The summed E-state index contributed by atoms with van der Waals surface area (Å²) in [6.45, 7) is 0. The molecular formula is C10H13NO3. The van der Waals surface area contributed by atoms with Crippen molar-refractivity contribution < 1.29 is 14.3 Å². The SMILES string of the molecule is COC(=O)[C@@]1(CCC#N)CCCC1=O. The van der Waals surface area contributed by atoms with Crippen LogP contribution in [-0.2, 0) is 14.3 Å². The van der Waals surface area contributed by atoms with Gasteiger partial charge in [0, 0.05) is 12.8 Å². The first-order chi connectivity index (χ1) is 6.67. The maximum atomic E-state index is 11.6. The zero-order valence-corrected chi connectivity index (χ0v) is 8.21. The van der Waals surface area contributed by atoms with Crippen molar-refractivity contribution in [3.8, 4) is 6.07 Å². The number of methoxy groups -OCH3 is 1. The molecule has 0 aromatic rings. The summed E-state index contributed by atoms with van der Waals surface area (Å²) >= 11 is 0. The van der Waals surface area contributed by atoms with Crippen LogP contribution in [0.3, 0.4) is 0 Å². The summed E-state index contributed by atoms with van der Waals surface area (Å²) in [4.78, 5) is 23.1. The van der Waals surface area contributed by atoms with Crippen molar-refractivity contribution in [3.05, 3.63) is 0 Å². The van der Waals surface area contributed by atoms with Crippen LogP contribution in [0.5, 0.6) is 0 Å². The van der Waals surface area contributed by atoms with Crippen molar-refractivity contribution in [3.63, 3.8) is 0 Å².